The Morgan fingerprint density at radius 3 is 2.43 bits per heavy atom. The number of ether oxygens (including phenoxy) is 2. The average Bonchev–Trinajstić information content (AvgIpc) is 2.21. The van der Waals surface area contributed by atoms with Gasteiger partial charge in [0.15, 0.2) is 0 Å². The quantitative estimate of drug-likeness (QED) is 0.507. The highest BCUT2D eigenvalue weighted by Gasteiger charge is 2.04. The van der Waals surface area contributed by atoms with Gasteiger partial charge in [-0.2, -0.15) is 0 Å². The lowest BCUT2D eigenvalue weighted by atomic mass is 10.3. The van der Waals surface area contributed by atoms with Gasteiger partial charge in [0.2, 0.25) is 0 Å². The molecule has 0 bridgehead atoms. The van der Waals surface area contributed by atoms with Gasteiger partial charge in [0.1, 0.15) is 0 Å². The van der Waals surface area contributed by atoms with Gasteiger partial charge in [-0.15, -0.1) is 0 Å². The van der Waals surface area contributed by atoms with E-state index in [9.17, 15) is 0 Å². The van der Waals surface area contributed by atoms with Crippen LogP contribution in [0.4, 0.5) is 0 Å². The molecule has 0 aliphatic rings. The maximum Gasteiger partial charge on any atom is 0.0701 e. The fourth-order valence-corrected chi connectivity index (χ4v) is 1.05. The molecule has 0 fully saturated rings. The van der Waals surface area contributed by atoms with Crippen LogP contribution >= 0.6 is 0 Å². The molecule has 0 rings (SSSR count). The molecule has 4 heteroatoms. The molecule has 0 saturated heterocycles. The summed E-state index contributed by atoms with van der Waals surface area (Å²) in [5.41, 5.74) is 0. The second kappa shape index (κ2) is 10.9. The van der Waals surface area contributed by atoms with Crippen LogP contribution in [-0.4, -0.2) is 50.7 Å². The number of aliphatic hydroxyl groups excluding tert-OH is 1. The van der Waals surface area contributed by atoms with Gasteiger partial charge in [-0.05, 0) is 13.0 Å². The normalized spacial score (nSPS) is 13.1. The van der Waals surface area contributed by atoms with Gasteiger partial charge in [-0.3, -0.25) is 0 Å². The Labute approximate surface area is 86.6 Å². The molecule has 0 saturated carbocycles. The van der Waals surface area contributed by atoms with Crippen LogP contribution in [0.1, 0.15) is 20.3 Å². The highest BCUT2D eigenvalue weighted by atomic mass is 16.5. The van der Waals surface area contributed by atoms with Gasteiger partial charge >= 0.3 is 0 Å². The van der Waals surface area contributed by atoms with E-state index in [1.54, 1.807) is 0 Å². The molecule has 0 radical (unpaired) electrons. The van der Waals surface area contributed by atoms with Crippen molar-refractivity contribution in [1.82, 2.24) is 5.32 Å². The van der Waals surface area contributed by atoms with E-state index >= 15 is 0 Å². The number of nitrogens with one attached hydrogen (secondary N) is 1. The van der Waals surface area contributed by atoms with Gasteiger partial charge in [0.25, 0.3) is 0 Å². The van der Waals surface area contributed by atoms with E-state index in [1.165, 1.54) is 0 Å². The average molecular weight is 205 g/mol. The lowest BCUT2D eigenvalue weighted by Gasteiger charge is -2.14. The first-order valence-corrected chi connectivity index (χ1v) is 5.34. The molecule has 0 aromatic carbocycles. The molecule has 14 heavy (non-hydrogen) atoms. The highest BCUT2D eigenvalue weighted by molar-refractivity contribution is 4.62. The zero-order valence-electron chi connectivity index (χ0n) is 9.29. The standard InChI is InChI=1S/C10H23NO3/c1-3-5-13-6-7-14-9-10(8-12)11-4-2/h10-12H,3-9H2,1-2H3. The van der Waals surface area contributed by atoms with Crippen molar-refractivity contribution in [2.45, 2.75) is 26.3 Å². The zero-order chi connectivity index (χ0) is 10.6. The lowest BCUT2D eigenvalue weighted by Crippen LogP contribution is -2.36. The topological polar surface area (TPSA) is 50.7 Å². The summed E-state index contributed by atoms with van der Waals surface area (Å²) in [5.74, 6) is 0. The van der Waals surface area contributed by atoms with Crippen molar-refractivity contribution in [1.29, 1.82) is 0 Å². The first kappa shape index (κ1) is 13.8. The van der Waals surface area contributed by atoms with Gasteiger partial charge in [0, 0.05) is 6.61 Å². The summed E-state index contributed by atoms with van der Waals surface area (Å²) in [6.07, 6.45) is 1.04. The molecule has 0 heterocycles. The van der Waals surface area contributed by atoms with Crippen molar-refractivity contribution < 1.29 is 14.6 Å². The van der Waals surface area contributed by atoms with E-state index in [0.29, 0.717) is 19.8 Å². The predicted molar refractivity (Wildman–Crippen MR) is 56.5 cm³/mol. The number of likely N-dealkylation sites (N-methyl/N-ethyl adjacent to an activating group) is 1. The van der Waals surface area contributed by atoms with Crippen molar-refractivity contribution in [3.8, 4) is 0 Å². The van der Waals surface area contributed by atoms with Gasteiger partial charge in [0.05, 0.1) is 32.5 Å². The van der Waals surface area contributed by atoms with E-state index in [1.807, 2.05) is 6.92 Å². The van der Waals surface area contributed by atoms with Crippen LogP contribution < -0.4 is 5.32 Å². The summed E-state index contributed by atoms with van der Waals surface area (Å²) >= 11 is 0. The maximum absolute atomic E-state index is 8.92. The van der Waals surface area contributed by atoms with Gasteiger partial charge in [-0.25, -0.2) is 0 Å². The summed E-state index contributed by atoms with van der Waals surface area (Å²) in [6, 6.07) is 0.0474. The van der Waals surface area contributed by atoms with Crippen molar-refractivity contribution in [3.63, 3.8) is 0 Å². The summed E-state index contributed by atoms with van der Waals surface area (Å²) < 4.78 is 10.6. The van der Waals surface area contributed by atoms with Crippen molar-refractivity contribution >= 4 is 0 Å². The fourth-order valence-electron chi connectivity index (χ4n) is 1.05. The van der Waals surface area contributed by atoms with Crippen LogP contribution in [0, 0.1) is 0 Å². The Morgan fingerprint density at radius 1 is 1.14 bits per heavy atom. The number of hydrogen-bond acceptors (Lipinski definition) is 4. The van der Waals surface area contributed by atoms with E-state index in [4.69, 9.17) is 14.6 Å². The molecule has 0 aliphatic carbocycles. The van der Waals surface area contributed by atoms with E-state index < -0.39 is 0 Å². The molecular formula is C10H23NO3. The minimum Gasteiger partial charge on any atom is -0.395 e. The van der Waals surface area contributed by atoms with Crippen molar-refractivity contribution in [3.05, 3.63) is 0 Å². The summed E-state index contributed by atoms with van der Waals surface area (Å²) in [4.78, 5) is 0. The van der Waals surface area contributed by atoms with E-state index in [-0.39, 0.29) is 12.6 Å². The number of aliphatic hydroxyl groups is 1. The fraction of sp³-hybridized carbons (Fsp3) is 1.00. The Morgan fingerprint density at radius 2 is 1.86 bits per heavy atom. The minimum absolute atomic E-state index is 0.0474. The molecular weight excluding hydrogens is 182 g/mol. The van der Waals surface area contributed by atoms with Crippen LogP contribution in [0.3, 0.4) is 0 Å². The first-order chi connectivity index (χ1) is 6.85. The summed E-state index contributed by atoms with van der Waals surface area (Å²) in [6.45, 7) is 7.62. The van der Waals surface area contributed by atoms with Crippen molar-refractivity contribution in [2.24, 2.45) is 0 Å². The Bertz CT molecular complexity index is 112. The predicted octanol–water partition coefficient (Wildman–Crippen LogP) is 0.400. The Kier molecular flexibility index (Phi) is 10.8. The lowest BCUT2D eigenvalue weighted by molar-refractivity contribution is 0.0323. The molecule has 2 N–H and O–H groups in total. The van der Waals surface area contributed by atoms with Crippen LogP contribution in [0.5, 0.6) is 0 Å². The molecule has 0 spiro atoms. The zero-order valence-corrected chi connectivity index (χ0v) is 9.29. The molecule has 1 atom stereocenters. The molecule has 0 aromatic heterocycles. The molecule has 0 aromatic rings. The molecule has 86 valence electrons. The van der Waals surface area contributed by atoms with E-state index in [0.717, 1.165) is 19.6 Å². The minimum atomic E-state index is 0.0474. The summed E-state index contributed by atoms with van der Waals surface area (Å²) in [7, 11) is 0. The monoisotopic (exact) mass is 205 g/mol. The molecule has 1 unspecified atom stereocenters. The van der Waals surface area contributed by atoms with Crippen LogP contribution in [0.25, 0.3) is 0 Å². The smallest absolute Gasteiger partial charge is 0.0701 e. The maximum atomic E-state index is 8.92. The SMILES string of the molecule is CCCOCCOCC(CO)NCC. The third-order valence-electron chi connectivity index (χ3n) is 1.75. The van der Waals surface area contributed by atoms with E-state index in [2.05, 4.69) is 12.2 Å². The van der Waals surface area contributed by atoms with Crippen molar-refractivity contribution in [2.75, 3.05) is 39.6 Å². The van der Waals surface area contributed by atoms with Crippen LogP contribution in [-0.2, 0) is 9.47 Å². The van der Waals surface area contributed by atoms with Gasteiger partial charge < -0.3 is 19.9 Å². The number of hydrogen-bond donors (Lipinski definition) is 2. The van der Waals surface area contributed by atoms with Crippen LogP contribution in [0.2, 0.25) is 0 Å². The Balaban J connectivity index is 3.15. The third kappa shape index (κ3) is 8.44. The highest BCUT2D eigenvalue weighted by Crippen LogP contribution is 1.86. The van der Waals surface area contributed by atoms with Crippen LogP contribution in [0.15, 0.2) is 0 Å². The Hall–Kier alpha value is -0.160. The molecule has 0 amide bonds. The molecule has 0 aliphatic heterocycles. The van der Waals surface area contributed by atoms with Gasteiger partial charge in [-0.1, -0.05) is 13.8 Å². The second-order valence-electron chi connectivity index (χ2n) is 3.12. The molecule has 4 nitrogen and oxygen atoms in total. The second-order valence-corrected chi connectivity index (χ2v) is 3.12. The third-order valence-corrected chi connectivity index (χ3v) is 1.75. The largest absolute Gasteiger partial charge is 0.395 e. The number of rotatable bonds is 10. The first-order valence-electron chi connectivity index (χ1n) is 5.34. The summed E-state index contributed by atoms with van der Waals surface area (Å²) in [5, 5.41) is 12.0.